The second-order valence-corrected chi connectivity index (χ2v) is 7.48. The van der Waals surface area contributed by atoms with Crippen molar-refractivity contribution in [3.05, 3.63) is 12.2 Å². The van der Waals surface area contributed by atoms with Crippen molar-refractivity contribution in [2.75, 3.05) is 13.3 Å². The van der Waals surface area contributed by atoms with Crippen LogP contribution in [0.25, 0.3) is 0 Å². The first-order chi connectivity index (χ1) is 14.1. The van der Waals surface area contributed by atoms with Gasteiger partial charge in [0.25, 0.3) is 0 Å². The van der Waals surface area contributed by atoms with Crippen LogP contribution in [0.4, 0.5) is 0 Å². The summed E-state index contributed by atoms with van der Waals surface area (Å²) < 4.78 is 0. The number of aliphatic imine (C=N–C) groups is 2. The molecule has 0 aromatic carbocycles. The van der Waals surface area contributed by atoms with Crippen LogP contribution in [0.2, 0.25) is 0 Å². The molecule has 2 aliphatic heterocycles. The maximum absolute atomic E-state index is 12.2. The van der Waals surface area contributed by atoms with E-state index in [-0.39, 0.29) is 37.3 Å². The summed E-state index contributed by atoms with van der Waals surface area (Å²) in [6.45, 7) is 4.12. The number of allylic oxidation sites excluding steroid dienone is 1. The molecular formula is C21H35N5O3. The summed E-state index contributed by atoms with van der Waals surface area (Å²) in [6, 6.07) is 0. The molecule has 0 aromatic heterocycles. The monoisotopic (exact) mass is 405 g/mol. The van der Waals surface area contributed by atoms with E-state index in [0.29, 0.717) is 12.4 Å². The summed E-state index contributed by atoms with van der Waals surface area (Å²) >= 11 is 0. The number of likely N-dealkylation sites (tertiary alicyclic amines) is 1. The quantitative estimate of drug-likeness (QED) is 0.225. The standard InChI is InChI=1S/C21H35N5O3/c1-3-4-5-6-7-8-9-10-11-12-15-25-20(22-16-27)23-17(2)24-21(25)26-18(28)13-14-19(26)29/h11-12,20,22,27H,3-10,13-16H2,1-2H3. The Balaban J connectivity index is 1.91. The number of imide groups is 1. The molecule has 0 bridgehead atoms. The molecule has 2 N–H and O–H groups in total. The minimum atomic E-state index is -0.572. The fourth-order valence-electron chi connectivity index (χ4n) is 3.52. The largest absolute Gasteiger partial charge is 0.381 e. The fraction of sp³-hybridized carbons (Fsp3) is 0.714. The number of amides is 2. The van der Waals surface area contributed by atoms with Crippen molar-refractivity contribution in [3.8, 4) is 0 Å². The van der Waals surface area contributed by atoms with Gasteiger partial charge in [0.05, 0.1) is 6.73 Å². The predicted molar refractivity (Wildman–Crippen MR) is 114 cm³/mol. The number of hydrogen-bond donors (Lipinski definition) is 2. The lowest BCUT2D eigenvalue weighted by atomic mass is 10.1. The van der Waals surface area contributed by atoms with E-state index in [9.17, 15) is 14.7 Å². The Morgan fingerprint density at radius 1 is 1.07 bits per heavy atom. The molecule has 2 heterocycles. The SMILES string of the molecule is CCCCCCCCCC=CCN1C(N2C(=O)CCC2=O)=NC(C)=NC1NCO. The van der Waals surface area contributed by atoms with E-state index in [4.69, 9.17) is 0 Å². The lowest BCUT2D eigenvalue weighted by Crippen LogP contribution is -2.57. The summed E-state index contributed by atoms with van der Waals surface area (Å²) in [5.41, 5.74) is 0. The lowest BCUT2D eigenvalue weighted by molar-refractivity contribution is -0.134. The van der Waals surface area contributed by atoms with Gasteiger partial charge in [0.15, 0.2) is 6.29 Å². The van der Waals surface area contributed by atoms with Crippen molar-refractivity contribution in [2.24, 2.45) is 9.98 Å². The Labute approximate surface area is 173 Å². The first kappa shape index (κ1) is 23.2. The molecule has 0 aliphatic carbocycles. The van der Waals surface area contributed by atoms with Crippen LogP contribution >= 0.6 is 0 Å². The van der Waals surface area contributed by atoms with Crippen molar-refractivity contribution in [1.82, 2.24) is 15.1 Å². The van der Waals surface area contributed by atoms with Gasteiger partial charge in [-0.3, -0.25) is 14.9 Å². The number of guanidine groups is 1. The summed E-state index contributed by atoms with van der Waals surface area (Å²) in [6.07, 6.45) is 13.9. The van der Waals surface area contributed by atoms with Crippen molar-refractivity contribution in [1.29, 1.82) is 0 Å². The van der Waals surface area contributed by atoms with Gasteiger partial charge in [0.2, 0.25) is 17.8 Å². The Bertz CT molecular complexity index is 628. The highest BCUT2D eigenvalue weighted by Gasteiger charge is 2.38. The molecule has 1 unspecified atom stereocenters. The highest BCUT2D eigenvalue weighted by molar-refractivity contribution is 6.18. The van der Waals surface area contributed by atoms with Crippen molar-refractivity contribution < 1.29 is 14.7 Å². The Morgan fingerprint density at radius 2 is 1.72 bits per heavy atom. The molecular weight excluding hydrogens is 370 g/mol. The minimum absolute atomic E-state index is 0.202. The van der Waals surface area contributed by atoms with Crippen LogP contribution in [0, 0.1) is 0 Å². The van der Waals surface area contributed by atoms with Crippen LogP contribution in [0.1, 0.15) is 78.1 Å². The molecule has 2 aliphatic rings. The summed E-state index contributed by atoms with van der Waals surface area (Å²) in [7, 11) is 0. The number of hydrogen-bond acceptors (Lipinski definition) is 7. The molecule has 2 rings (SSSR count). The number of nitrogens with zero attached hydrogens (tertiary/aromatic N) is 4. The zero-order valence-corrected chi connectivity index (χ0v) is 17.8. The number of carbonyl (C=O) groups is 2. The van der Waals surface area contributed by atoms with E-state index >= 15 is 0 Å². The van der Waals surface area contributed by atoms with Crippen molar-refractivity contribution >= 4 is 23.6 Å². The predicted octanol–water partition coefficient (Wildman–Crippen LogP) is 2.75. The summed E-state index contributed by atoms with van der Waals surface area (Å²) in [5, 5.41) is 12.2. The maximum atomic E-state index is 12.2. The van der Waals surface area contributed by atoms with Gasteiger partial charge in [0.1, 0.15) is 5.84 Å². The van der Waals surface area contributed by atoms with Crippen LogP contribution in [0.3, 0.4) is 0 Å². The first-order valence-corrected chi connectivity index (χ1v) is 10.8. The first-order valence-electron chi connectivity index (χ1n) is 10.8. The zero-order valence-electron chi connectivity index (χ0n) is 17.8. The Kier molecular flexibility index (Phi) is 10.0. The molecule has 162 valence electrons. The second kappa shape index (κ2) is 12.5. The molecule has 0 spiro atoms. The topological polar surface area (TPSA) is 97.6 Å². The summed E-state index contributed by atoms with van der Waals surface area (Å²) in [5.74, 6) is 0.254. The number of rotatable bonds is 12. The molecule has 2 amide bonds. The minimum Gasteiger partial charge on any atom is -0.381 e. The van der Waals surface area contributed by atoms with E-state index < -0.39 is 6.29 Å². The molecule has 0 aromatic rings. The highest BCUT2D eigenvalue weighted by Crippen LogP contribution is 2.19. The Hall–Kier alpha value is -2.06. The van der Waals surface area contributed by atoms with Crippen LogP contribution in [-0.2, 0) is 9.59 Å². The van der Waals surface area contributed by atoms with Gasteiger partial charge in [-0.15, -0.1) is 0 Å². The van der Waals surface area contributed by atoms with Gasteiger partial charge in [-0.25, -0.2) is 9.89 Å². The number of unbranched alkanes of at least 4 members (excludes halogenated alkanes) is 7. The van der Waals surface area contributed by atoms with E-state index in [0.717, 1.165) is 17.7 Å². The third-order valence-corrected chi connectivity index (χ3v) is 5.09. The fourth-order valence-corrected chi connectivity index (χ4v) is 3.52. The van der Waals surface area contributed by atoms with Gasteiger partial charge >= 0.3 is 0 Å². The van der Waals surface area contributed by atoms with E-state index in [1.807, 2.05) is 6.08 Å². The zero-order chi connectivity index (χ0) is 21.1. The molecule has 8 heteroatoms. The molecule has 0 radical (unpaired) electrons. The third-order valence-electron chi connectivity index (χ3n) is 5.09. The maximum Gasteiger partial charge on any atom is 0.236 e. The average Bonchev–Trinajstić information content (AvgIpc) is 3.02. The van der Waals surface area contributed by atoms with Gasteiger partial charge in [-0.2, -0.15) is 4.99 Å². The van der Waals surface area contributed by atoms with Crippen LogP contribution in [-0.4, -0.2) is 58.1 Å². The van der Waals surface area contributed by atoms with E-state index in [2.05, 4.69) is 28.3 Å². The van der Waals surface area contributed by atoms with Gasteiger partial charge < -0.3 is 10.0 Å². The van der Waals surface area contributed by atoms with Crippen LogP contribution in [0.15, 0.2) is 22.1 Å². The second-order valence-electron chi connectivity index (χ2n) is 7.48. The Morgan fingerprint density at radius 3 is 2.38 bits per heavy atom. The number of aliphatic hydroxyl groups is 1. The molecule has 1 atom stereocenters. The van der Waals surface area contributed by atoms with Crippen molar-refractivity contribution in [2.45, 2.75) is 84.3 Å². The number of aliphatic hydroxyl groups excluding tert-OH is 1. The number of amidine groups is 1. The number of carbonyl (C=O) groups excluding carboxylic acids is 2. The van der Waals surface area contributed by atoms with Gasteiger partial charge in [0, 0.05) is 19.4 Å². The van der Waals surface area contributed by atoms with Gasteiger partial charge in [-0.05, 0) is 19.8 Å². The van der Waals surface area contributed by atoms with Crippen LogP contribution < -0.4 is 5.32 Å². The van der Waals surface area contributed by atoms with E-state index in [1.54, 1.807) is 11.8 Å². The molecule has 0 saturated carbocycles. The normalized spacial score (nSPS) is 20.0. The highest BCUT2D eigenvalue weighted by atomic mass is 16.3. The average molecular weight is 406 g/mol. The molecule has 8 nitrogen and oxygen atoms in total. The smallest absolute Gasteiger partial charge is 0.236 e. The molecule has 1 saturated heterocycles. The van der Waals surface area contributed by atoms with E-state index in [1.165, 1.54) is 38.5 Å². The van der Waals surface area contributed by atoms with Crippen LogP contribution in [0.5, 0.6) is 0 Å². The number of nitrogens with one attached hydrogen (secondary N) is 1. The van der Waals surface area contributed by atoms with Gasteiger partial charge in [-0.1, -0.05) is 57.6 Å². The lowest BCUT2D eigenvalue weighted by Gasteiger charge is -2.36. The van der Waals surface area contributed by atoms with Crippen molar-refractivity contribution in [3.63, 3.8) is 0 Å². The summed E-state index contributed by atoms with van der Waals surface area (Å²) in [4.78, 5) is 36.1. The third kappa shape index (κ3) is 7.04. The molecule has 29 heavy (non-hydrogen) atoms. The molecule has 1 fully saturated rings.